The topological polar surface area (TPSA) is 108 Å². The molecule has 0 fully saturated rings. The summed E-state index contributed by atoms with van der Waals surface area (Å²) >= 11 is 0. The highest BCUT2D eigenvalue weighted by Crippen LogP contribution is 2.32. The van der Waals surface area contributed by atoms with Crippen molar-refractivity contribution >= 4 is 21.7 Å². The fraction of sp³-hybridized carbons (Fsp3) is 0.222. The zero-order chi connectivity index (χ0) is 19.2. The van der Waals surface area contributed by atoms with Crippen LogP contribution in [0.15, 0.2) is 45.9 Å². The van der Waals surface area contributed by atoms with Crippen LogP contribution in [-0.4, -0.2) is 28.8 Å². The number of H-pyrrole nitrogens is 1. The Labute approximate surface area is 156 Å². The van der Waals surface area contributed by atoms with Crippen LogP contribution in [0.25, 0.3) is 0 Å². The molecule has 0 aliphatic carbocycles. The fourth-order valence-corrected chi connectivity index (χ4v) is 4.73. The number of anilines is 1. The van der Waals surface area contributed by atoms with Crippen LogP contribution < -0.4 is 5.32 Å². The average molecular weight is 386 g/mol. The van der Waals surface area contributed by atoms with Crippen LogP contribution in [0, 0.1) is 13.8 Å². The summed E-state index contributed by atoms with van der Waals surface area (Å²) in [7, 11) is -3.65. The quantitative estimate of drug-likeness (QED) is 0.716. The third-order valence-corrected chi connectivity index (χ3v) is 6.58. The molecular weight excluding hydrogens is 368 g/mol. The van der Waals surface area contributed by atoms with Crippen molar-refractivity contribution in [2.75, 3.05) is 5.32 Å². The lowest BCUT2D eigenvalue weighted by Crippen LogP contribution is -2.27. The molecule has 0 radical (unpaired) electrons. The summed E-state index contributed by atoms with van der Waals surface area (Å²) < 4.78 is 32.5. The van der Waals surface area contributed by atoms with Gasteiger partial charge >= 0.3 is 0 Å². The zero-order valence-electron chi connectivity index (χ0n) is 14.8. The van der Waals surface area contributed by atoms with Gasteiger partial charge in [-0.3, -0.25) is 9.89 Å². The summed E-state index contributed by atoms with van der Waals surface area (Å²) in [6, 6.07) is 8.55. The summed E-state index contributed by atoms with van der Waals surface area (Å²) in [6.07, 6.45) is 1.44. The molecule has 8 nitrogen and oxygen atoms in total. The molecule has 1 aliphatic heterocycles. The maximum Gasteiger partial charge on any atom is 0.292 e. The van der Waals surface area contributed by atoms with Crippen LogP contribution in [0.5, 0.6) is 0 Å². The SMILES string of the molecule is Cc1ccccc1S(=O)(=O)N1Cc2n[nH]c(NC(=O)c3occc3C)c2C1. The first-order valence-corrected chi connectivity index (χ1v) is 9.79. The molecule has 4 rings (SSSR count). The standard InChI is InChI=1S/C18H18N4O4S/c1-11-5-3-4-6-15(11)27(24,25)22-9-13-14(10-22)20-21-17(13)19-18(23)16-12(2)7-8-26-16/h3-8H,9-10H2,1-2H3,(H2,19,20,21,23). The number of hydrogen-bond acceptors (Lipinski definition) is 5. The Kier molecular flexibility index (Phi) is 4.12. The van der Waals surface area contributed by atoms with E-state index in [4.69, 9.17) is 4.42 Å². The number of rotatable bonds is 4. The van der Waals surface area contributed by atoms with Crippen molar-refractivity contribution in [3.63, 3.8) is 0 Å². The Morgan fingerprint density at radius 1 is 1.19 bits per heavy atom. The molecular formula is C18H18N4O4S. The van der Waals surface area contributed by atoms with Crippen LogP contribution in [-0.2, 0) is 23.1 Å². The first-order chi connectivity index (χ1) is 12.9. The van der Waals surface area contributed by atoms with Crippen molar-refractivity contribution < 1.29 is 17.6 Å². The number of carbonyl (C=O) groups excluding carboxylic acids is 1. The predicted octanol–water partition coefficient (Wildman–Crippen LogP) is 2.58. The molecule has 0 atom stereocenters. The monoisotopic (exact) mass is 386 g/mol. The molecule has 9 heteroatoms. The summed E-state index contributed by atoms with van der Waals surface area (Å²) in [5, 5.41) is 9.64. The smallest absolute Gasteiger partial charge is 0.292 e. The molecule has 3 heterocycles. The van der Waals surface area contributed by atoms with Gasteiger partial charge in [0, 0.05) is 17.7 Å². The molecule has 2 aromatic heterocycles. The van der Waals surface area contributed by atoms with Crippen LogP contribution in [0.4, 0.5) is 5.82 Å². The number of nitrogens with one attached hydrogen (secondary N) is 2. The van der Waals surface area contributed by atoms with E-state index in [1.807, 2.05) is 0 Å². The highest BCUT2D eigenvalue weighted by molar-refractivity contribution is 7.89. The van der Waals surface area contributed by atoms with Gasteiger partial charge < -0.3 is 9.73 Å². The number of sulfonamides is 1. The van der Waals surface area contributed by atoms with E-state index in [0.717, 1.165) is 0 Å². The van der Waals surface area contributed by atoms with Crippen molar-refractivity contribution in [2.24, 2.45) is 0 Å². The van der Waals surface area contributed by atoms with Crippen LogP contribution in [0.2, 0.25) is 0 Å². The minimum atomic E-state index is -3.65. The largest absolute Gasteiger partial charge is 0.459 e. The van der Waals surface area contributed by atoms with E-state index in [-0.39, 0.29) is 23.7 Å². The number of fused-ring (bicyclic) bond motifs is 1. The number of aromatic amines is 1. The van der Waals surface area contributed by atoms with Gasteiger partial charge in [0.1, 0.15) is 5.82 Å². The van der Waals surface area contributed by atoms with E-state index in [1.54, 1.807) is 44.2 Å². The lowest BCUT2D eigenvalue weighted by atomic mass is 10.2. The van der Waals surface area contributed by atoms with E-state index in [9.17, 15) is 13.2 Å². The fourth-order valence-electron chi connectivity index (χ4n) is 3.14. The number of benzene rings is 1. The number of furan rings is 1. The Hall–Kier alpha value is -2.91. The maximum atomic E-state index is 13.0. The molecule has 0 unspecified atom stereocenters. The molecule has 140 valence electrons. The summed E-state index contributed by atoms with van der Waals surface area (Å²) in [5.41, 5.74) is 2.65. The number of nitrogens with zero attached hydrogens (tertiary/aromatic N) is 2. The van der Waals surface area contributed by atoms with Gasteiger partial charge in [-0.1, -0.05) is 18.2 Å². The van der Waals surface area contributed by atoms with Gasteiger partial charge in [-0.05, 0) is 31.5 Å². The van der Waals surface area contributed by atoms with Crippen molar-refractivity contribution in [2.45, 2.75) is 31.8 Å². The summed E-state index contributed by atoms with van der Waals surface area (Å²) in [5.74, 6) is 0.179. The molecule has 3 aromatic rings. The van der Waals surface area contributed by atoms with E-state index in [2.05, 4.69) is 15.5 Å². The molecule has 0 saturated heterocycles. The van der Waals surface area contributed by atoms with Crippen LogP contribution >= 0.6 is 0 Å². The second-order valence-electron chi connectivity index (χ2n) is 6.45. The minimum Gasteiger partial charge on any atom is -0.459 e. The lowest BCUT2D eigenvalue weighted by Gasteiger charge is -2.17. The molecule has 1 aliphatic rings. The molecule has 0 bridgehead atoms. The number of carbonyl (C=O) groups is 1. The molecule has 0 saturated carbocycles. The van der Waals surface area contributed by atoms with Gasteiger partial charge in [0.25, 0.3) is 5.91 Å². The van der Waals surface area contributed by atoms with Crippen molar-refractivity contribution in [3.05, 3.63) is 64.7 Å². The summed E-state index contributed by atoms with van der Waals surface area (Å²) in [4.78, 5) is 12.6. The van der Waals surface area contributed by atoms with Crippen molar-refractivity contribution in [1.82, 2.24) is 14.5 Å². The van der Waals surface area contributed by atoms with Crippen molar-refractivity contribution in [3.8, 4) is 0 Å². The number of aromatic nitrogens is 2. The predicted molar refractivity (Wildman–Crippen MR) is 97.6 cm³/mol. The molecule has 1 aromatic carbocycles. The Bertz CT molecular complexity index is 1130. The lowest BCUT2D eigenvalue weighted by molar-refractivity contribution is 0.0995. The third kappa shape index (κ3) is 2.94. The van der Waals surface area contributed by atoms with Gasteiger partial charge in [-0.15, -0.1) is 0 Å². The second kappa shape index (κ2) is 6.36. The van der Waals surface area contributed by atoms with Gasteiger partial charge in [0.15, 0.2) is 5.76 Å². The zero-order valence-corrected chi connectivity index (χ0v) is 15.6. The highest BCUT2D eigenvalue weighted by atomic mass is 32.2. The summed E-state index contributed by atoms with van der Waals surface area (Å²) in [6.45, 7) is 3.82. The Balaban J connectivity index is 1.58. The Morgan fingerprint density at radius 2 is 1.96 bits per heavy atom. The van der Waals surface area contributed by atoms with Gasteiger partial charge in [0.2, 0.25) is 10.0 Å². The van der Waals surface area contributed by atoms with E-state index >= 15 is 0 Å². The molecule has 0 spiro atoms. The molecule has 2 N–H and O–H groups in total. The first kappa shape index (κ1) is 17.5. The van der Waals surface area contributed by atoms with Gasteiger partial charge in [0.05, 0.1) is 23.4 Å². The minimum absolute atomic E-state index is 0.134. The first-order valence-electron chi connectivity index (χ1n) is 8.35. The molecule has 27 heavy (non-hydrogen) atoms. The highest BCUT2D eigenvalue weighted by Gasteiger charge is 2.35. The van der Waals surface area contributed by atoms with Gasteiger partial charge in [-0.25, -0.2) is 8.42 Å². The normalized spacial score (nSPS) is 14.3. The van der Waals surface area contributed by atoms with Crippen LogP contribution in [0.1, 0.15) is 32.9 Å². The average Bonchev–Trinajstić information content (AvgIpc) is 3.32. The van der Waals surface area contributed by atoms with E-state index in [1.165, 1.54) is 10.6 Å². The van der Waals surface area contributed by atoms with Crippen LogP contribution in [0.3, 0.4) is 0 Å². The number of aryl methyl sites for hydroxylation is 2. The number of hydrogen-bond donors (Lipinski definition) is 2. The Morgan fingerprint density at radius 3 is 2.67 bits per heavy atom. The third-order valence-electron chi connectivity index (χ3n) is 4.63. The van der Waals surface area contributed by atoms with E-state index < -0.39 is 15.9 Å². The maximum absolute atomic E-state index is 13.0. The van der Waals surface area contributed by atoms with Crippen molar-refractivity contribution in [1.29, 1.82) is 0 Å². The second-order valence-corrected chi connectivity index (χ2v) is 8.36. The number of amides is 1. The van der Waals surface area contributed by atoms with E-state index in [0.29, 0.717) is 28.2 Å². The molecule has 1 amide bonds. The van der Waals surface area contributed by atoms with Gasteiger partial charge in [-0.2, -0.15) is 9.40 Å².